The van der Waals surface area contributed by atoms with Crippen molar-refractivity contribution in [3.8, 4) is 12.3 Å². The first-order chi connectivity index (χ1) is 7.96. The minimum atomic E-state index is -3.54. The summed E-state index contributed by atoms with van der Waals surface area (Å²) >= 11 is 1.21. The maximum atomic E-state index is 11.4. The molecular weight excluding hydrogens is 262 g/mol. The lowest BCUT2D eigenvalue weighted by atomic mass is 10.5. The molecule has 0 saturated heterocycles. The van der Waals surface area contributed by atoms with Crippen molar-refractivity contribution in [1.29, 1.82) is 0 Å². The molecule has 0 aromatic carbocycles. The smallest absolute Gasteiger partial charge is 0.241 e. The van der Waals surface area contributed by atoms with Crippen LogP contribution in [-0.2, 0) is 21.1 Å². The van der Waals surface area contributed by atoms with Crippen LogP contribution in [0.1, 0.15) is 11.9 Å². The first-order valence-corrected chi connectivity index (χ1v) is 7.36. The molecule has 1 aromatic rings. The van der Waals surface area contributed by atoms with Crippen molar-refractivity contribution in [1.82, 2.24) is 10.2 Å². The zero-order valence-electron chi connectivity index (χ0n) is 9.13. The zero-order valence-corrected chi connectivity index (χ0v) is 10.8. The first kappa shape index (κ1) is 13.6. The Morgan fingerprint density at radius 2 is 2.24 bits per heavy atom. The van der Waals surface area contributed by atoms with Gasteiger partial charge in [0.05, 0.1) is 0 Å². The number of aromatic nitrogens is 2. The number of amides is 1. The van der Waals surface area contributed by atoms with Gasteiger partial charge in [0.15, 0.2) is 9.84 Å². The molecule has 0 atom stereocenters. The van der Waals surface area contributed by atoms with Crippen LogP contribution in [0.2, 0.25) is 0 Å². The van der Waals surface area contributed by atoms with Crippen LogP contribution in [-0.4, -0.2) is 36.0 Å². The summed E-state index contributed by atoms with van der Waals surface area (Å²) < 4.78 is 22.5. The molecule has 0 aliphatic carbocycles. The Hall–Kier alpha value is -1.46. The highest BCUT2D eigenvalue weighted by Gasteiger charge is 2.16. The highest BCUT2D eigenvalue weighted by atomic mass is 32.2. The van der Waals surface area contributed by atoms with E-state index >= 15 is 0 Å². The van der Waals surface area contributed by atoms with Crippen LogP contribution in [0, 0.1) is 12.3 Å². The second-order valence-electron chi connectivity index (χ2n) is 3.14. The van der Waals surface area contributed by atoms with Gasteiger partial charge in [-0.05, 0) is 6.42 Å². The van der Waals surface area contributed by atoms with Gasteiger partial charge in [0, 0.05) is 0 Å². The number of hydrogen-bond donors (Lipinski definition) is 1. The Bertz CT molecular complexity index is 542. The van der Waals surface area contributed by atoms with Gasteiger partial charge in [-0.15, -0.1) is 16.6 Å². The molecule has 0 spiro atoms. The van der Waals surface area contributed by atoms with Crippen molar-refractivity contribution in [2.24, 2.45) is 0 Å². The molecular formula is C9H11N3O3S2. The van der Waals surface area contributed by atoms with Gasteiger partial charge >= 0.3 is 0 Å². The van der Waals surface area contributed by atoms with Crippen molar-refractivity contribution >= 4 is 32.2 Å². The molecule has 0 radical (unpaired) electrons. The number of sulfone groups is 1. The predicted octanol–water partition coefficient (Wildman–Crippen LogP) is 0.0870. The Morgan fingerprint density at radius 1 is 1.53 bits per heavy atom. The Kier molecular flexibility index (Phi) is 4.60. The maximum Gasteiger partial charge on any atom is 0.241 e. The number of nitrogens with zero attached hydrogens (tertiary/aromatic N) is 2. The SMILES string of the molecule is C#CCS(=O)(=O)CC(=O)Nc1nnc(CC)s1. The molecule has 0 unspecified atom stereocenters. The van der Waals surface area contributed by atoms with E-state index in [1.807, 2.05) is 12.8 Å². The van der Waals surface area contributed by atoms with Crippen LogP contribution in [0.15, 0.2) is 0 Å². The molecule has 17 heavy (non-hydrogen) atoms. The fourth-order valence-electron chi connectivity index (χ4n) is 0.980. The highest BCUT2D eigenvalue weighted by Crippen LogP contribution is 2.15. The second kappa shape index (κ2) is 5.75. The van der Waals surface area contributed by atoms with E-state index in [1.165, 1.54) is 11.3 Å². The van der Waals surface area contributed by atoms with E-state index in [0.29, 0.717) is 11.6 Å². The van der Waals surface area contributed by atoms with Crippen LogP contribution in [0.25, 0.3) is 0 Å². The predicted molar refractivity (Wildman–Crippen MR) is 65.4 cm³/mol. The van der Waals surface area contributed by atoms with E-state index < -0.39 is 27.3 Å². The number of terminal acetylenes is 1. The highest BCUT2D eigenvalue weighted by molar-refractivity contribution is 7.92. The normalized spacial score (nSPS) is 10.8. The molecule has 1 rings (SSSR count). The lowest BCUT2D eigenvalue weighted by molar-refractivity contribution is -0.113. The summed E-state index contributed by atoms with van der Waals surface area (Å²) in [7, 11) is -3.54. The van der Waals surface area contributed by atoms with E-state index in [4.69, 9.17) is 6.42 Å². The third kappa shape index (κ3) is 4.50. The molecule has 1 amide bonds. The lowest BCUT2D eigenvalue weighted by Crippen LogP contribution is -2.24. The van der Waals surface area contributed by atoms with Gasteiger partial charge in [-0.2, -0.15) is 0 Å². The van der Waals surface area contributed by atoms with Crippen LogP contribution in [0.3, 0.4) is 0 Å². The van der Waals surface area contributed by atoms with Crippen molar-refractivity contribution in [2.75, 3.05) is 16.8 Å². The van der Waals surface area contributed by atoms with Crippen LogP contribution in [0.4, 0.5) is 5.13 Å². The van der Waals surface area contributed by atoms with Crippen LogP contribution < -0.4 is 5.32 Å². The summed E-state index contributed by atoms with van der Waals surface area (Å²) in [5.74, 6) is 0.255. The molecule has 0 aliphatic rings. The average Bonchev–Trinajstić information content (AvgIpc) is 2.64. The summed E-state index contributed by atoms with van der Waals surface area (Å²) in [4.78, 5) is 11.4. The number of rotatable bonds is 5. The molecule has 1 heterocycles. The number of anilines is 1. The monoisotopic (exact) mass is 273 g/mol. The lowest BCUT2D eigenvalue weighted by Gasteiger charge is -2.00. The zero-order chi connectivity index (χ0) is 12.9. The van der Waals surface area contributed by atoms with E-state index in [9.17, 15) is 13.2 Å². The Morgan fingerprint density at radius 3 is 2.76 bits per heavy atom. The van der Waals surface area contributed by atoms with Gasteiger partial charge in [0.1, 0.15) is 16.5 Å². The standard InChI is InChI=1S/C9H11N3O3S2/c1-3-5-17(14,15)6-7(13)10-9-12-11-8(4-2)16-9/h1H,4-6H2,2H3,(H,10,12,13). The molecule has 1 N–H and O–H groups in total. The van der Waals surface area contributed by atoms with Gasteiger partial charge in [-0.3, -0.25) is 10.1 Å². The molecule has 0 bridgehead atoms. The number of carbonyl (C=O) groups is 1. The summed E-state index contributed by atoms with van der Waals surface area (Å²) in [6.07, 6.45) is 5.59. The fraction of sp³-hybridized carbons (Fsp3) is 0.444. The summed E-state index contributed by atoms with van der Waals surface area (Å²) in [6, 6.07) is 0. The van der Waals surface area contributed by atoms with E-state index in [2.05, 4.69) is 15.5 Å². The Balaban J connectivity index is 2.59. The number of aryl methyl sites for hydroxylation is 1. The summed E-state index contributed by atoms with van der Waals surface area (Å²) in [6.45, 7) is 1.91. The third-order valence-corrected chi connectivity index (χ3v) is 3.96. The molecule has 0 aliphatic heterocycles. The van der Waals surface area contributed by atoms with Crippen molar-refractivity contribution in [3.05, 3.63) is 5.01 Å². The molecule has 8 heteroatoms. The molecule has 6 nitrogen and oxygen atoms in total. The van der Waals surface area contributed by atoms with Crippen LogP contribution >= 0.6 is 11.3 Å². The van der Waals surface area contributed by atoms with Crippen molar-refractivity contribution < 1.29 is 13.2 Å². The molecule has 0 fully saturated rings. The number of nitrogens with one attached hydrogen (secondary N) is 1. The topological polar surface area (TPSA) is 89.0 Å². The van der Waals surface area contributed by atoms with Gasteiger partial charge in [-0.1, -0.05) is 24.2 Å². The van der Waals surface area contributed by atoms with Crippen LogP contribution in [0.5, 0.6) is 0 Å². The van der Waals surface area contributed by atoms with E-state index in [-0.39, 0.29) is 0 Å². The van der Waals surface area contributed by atoms with E-state index in [1.54, 1.807) is 0 Å². The van der Waals surface area contributed by atoms with Gasteiger partial charge in [0.2, 0.25) is 11.0 Å². The largest absolute Gasteiger partial charge is 0.300 e. The third-order valence-electron chi connectivity index (χ3n) is 1.67. The second-order valence-corrected chi connectivity index (χ2v) is 6.27. The van der Waals surface area contributed by atoms with Gasteiger partial charge < -0.3 is 0 Å². The van der Waals surface area contributed by atoms with Crippen molar-refractivity contribution in [3.63, 3.8) is 0 Å². The molecule has 0 saturated carbocycles. The van der Waals surface area contributed by atoms with Gasteiger partial charge in [-0.25, -0.2) is 8.42 Å². The number of carbonyl (C=O) groups excluding carboxylic acids is 1. The van der Waals surface area contributed by atoms with Gasteiger partial charge in [0.25, 0.3) is 0 Å². The van der Waals surface area contributed by atoms with Crippen molar-refractivity contribution in [2.45, 2.75) is 13.3 Å². The minimum absolute atomic E-state index is 0.294. The molecule has 1 aromatic heterocycles. The Labute approximate surface area is 103 Å². The quantitative estimate of drug-likeness (QED) is 0.768. The molecule has 92 valence electrons. The average molecular weight is 273 g/mol. The summed E-state index contributed by atoms with van der Waals surface area (Å²) in [5.41, 5.74) is 0. The number of hydrogen-bond acceptors (Lipinski definition) is 6. The maximum absolute atomic E-state index is 11.4. The fourth-order valence-corrected chi connectivity index (χ4v) is 2.50. The minimum Gasteiger partial charge on any atom is -0.300 e. The first-order valence-electron chi connectivity index (χ1n) is 4.73. The summed E-state index contributed by atoms with van der Waals surface area (Å²) in [5, 5.41) is 10.9. The van der Waals surface area contributed by atoms with E-state index in [0.717, 1.165) is 5.01 Å².